The Morgan fingerprint density at radius 2 is 2.47 bits per heavy atom. The van der Waals surface area contributed by atoms with E-state index in [2.05, 4.69) is 24.3 Å². The van der Waals surface area contributed by atoms with E-state index in [0.29, 0.717) is 19.0 Å². The number of hydrogen-bond donors (Lipinski definition) is 2. The summed E-state index contributed by atoms with van der Waals surface area (Å²) in [6.45, 7) is 5.69. The molecule has 0 radical (unpaired) electrons. The van der Waals surface area contributed by atoms with Gasteiger partial charge in [0, 0.05) is 25.2 Å². The summed E-state index contributed by atoms with van der Waals surface area (Å²) in [6, 6.07) is 2.31. The molecule has 0 spiro atoms. The third-order valence-electron chi connectivity index (χ3n) is 4.15. The number of carboxylic acids is 1. The fourth-order valence-electron chi connectivity index (χ4n) is 2.63. The number of carbonyl (C=O) groups is 1. The summed E-state index contributed by atoms with van der Waals surface area (Å²) in [6.07, 6.45) is 5.13. The van der Waals surface area contributed by atoms with Gasteiger partial charge in [0.1, 0.15) is 0 Å². The van der Waals surface area contributed by atoms with Crippen LogP contribution >= 0.6 is 0 Å². The topological polar surface area (TPSA) is 67.2 Å². The summed E-state index contributed by atoms with van der Waals surface area (Å²) >= 11 is 0. The van der Waals surface area contributed by atoms with Gasteiger partial charge in [-0.15, -0.1) is 0 Å². The molecule has 2 N–H and O–H groups in total. The van der Waals surface area contributed by atoms with Crippen LogP contribution in [-0.2, 0) is 11.2 Å². The average molecular weight is 265 g/mol. The Balaban J connectivity index is 2.13. The number of hydrogen-bond acceptors (Lipinski definition) is 3. The third-order valence-corrected chi connectivity index (χ3v) is 4.15. The second-order valence-electron chi connectivity index (χ2n) is 5.59. The van der Waals surface area contributed by atoms with E-state index in [1.165, 1.54) is 0 Å². The number of carboxylic acid groups (broad SMARTS) is 1. The number of aliphatic carboxylic acids is 1. The smallest absolute Gasteiger partial charge is 0.311 e. The lowest BCUT2D eigenvalue weighted by molar-refractivity contribution is -0.150. The van der Waals surface area contributed by atoms with E-state index in [-0.39, 0.29) is 0 Å². The van der Waals surface area contributed by atoms with Crippen LogP contribution < -0.4 is 5.32 Å². The Morgan fingerprint density at radius 1 is 1.68 bits per heavy atom. The van der Waals surface area contributed by atoms with E-state index >= 15 is 0 Å². The van der Waals surface area contributed by atoms with Crippen molar-refractivity contribution in [3.05, 3.63) is 18.0 Å². The fourth-order valence-corrected chi connectivity index (χ4v) is 2.63. The molecular weight excluding hydrogens is 242 g/mol. The van der Waals surface area contributed by atoms with E-state index in [1.54, 1.807) is 0 Å². The maximum Gasteiger partial charge on any atom is 0.311 e. The van der Waals surface area contributed by atoms with Gasteiger partial charge in [-0.1, -0.05) is 6.92 Å². The SMILES string of the molecule is CCC(C)n1ccc(CC2(C(=O)O)CCCNC2)n1. The normalized spacial score (nSPS) is 25.2. The Labute approximate surface area is 114 Å². The number of nitrogens with zero attached hydrogens (tertiary/aromatic N) is 2. The highest BCUT2D eigenvalue weighted by Crippen LogP contribution is 2.30. The van der Waals surface area contributed by atoms with Crippen molar-refractivity contribution in [1.82, 2.24) is 15.1 Å². The molecule has 1 aromatic heterocycles. The molecule has 19 heavy (non-hydrogen) atoms. The van der Waals surface area contributed by atoms with Crippen molar-refractivity contribution in [2.75, 3.05) is 13.1 Å². The van der Waals surface area contributed by atoms with Crippen LogP contribution in [0.4, 0.5) is 0 Å². The van der Waals surface area contributed by atoms with Gasteiger partial charge in [-0.2, -0.15) is 5.10 Å². The Kier molecular flexibility index (Phi) is 4.24. The van der Waals surface area contributed by atoms with Gasteiger partial charge in [-0.3, -0.25) is 9.48 Å². The molecule has 1 fully saturated rings. The summed E-state index contributed by atoms with van der Waals surface area (Å²) in [7, 11) is 0. The molecule has 1 aliphatic rings. The predicted molar refractivity (Wildman–Crippen MR) is 73.1 cm³/mol. The van der Waals surface area contributed by atoms with Crippen LogP contribution in [-0.4, -0.2) is 33.9 Å². The highest BCUT2D eigenvalue weighted by Gasteiger charge is 2.40. The van der Waals surface area contributed by atoms with E-state index in [1.807, 2.05) is 16.9 Å². The molecule has 1 aliphatic heterocycles. The highest BCUT2D eigenvalue weighted by molar-refractivity contribution is 5.75. The van der Waals surface area contributed by atoms with Crippen molar-refractivity contribution < 1.29 is 9.90 Å². The van der Waals surface area contributed by atoms with Crippen LogP contribution in [0.2, 0.25) is 0 Å². The molecule has 5 nitrogen and oxygen atoms in total. The van der Waals surface area contributed by atoms with Crippen molar-refractivity contribution in [3.63, 3.8) is 0 Å². The maximum atomic E-state index is 11.6. The van der Waals surface area contributed by atoms with Crippen molar-refractivity contribution in [2.24, 2.45) is 5.41 Å². The molecule has 2 atom stereocenters. The fraction of sp³-hybridized carbons (Fsp3) is 0.714. The molecule has 0 bridgehead atoms. The molecular formula is C14H23N3O2. The van der Waals surface area contributed by atoms with Crippen LogP contribution in [0, 0.1) is 5.41 Å². The highest BCUT2D eigenvalue weighted by atomic mass is 16.4. The van der Waals surface area contributed by atoms with Crippen molar-refractivity contribution in [3.8, 4) is 0 Å². The Morgan fingerprint density at radius 3 is 3.05 bits per heavy atom. The zero-order chi connectivity index (χ0) is 13.9. The van der Waals surface area contributed by atoms with Crippen molar-refractivity contribution in [1.29, 1.82) is 0 Å². The monoisotopic (exact) mass is 265 g/mol. The third kappa shape index (κ3) is 2.97. The van der Waals surface area contributed by atoms with Gasteiger partial charge in [-0.25, -0.2) is 0 Å². The van der Waals surface area contributed by atoms with Crippen LogP contribution in [0.1, 0.15) is 44.8 Å². The summed E-state index contributed by atoms with van der Waals surface area (Å²) < 4.78 is 1.93. The van der Waals surface area contributed by atoms with Crippen LogP contribution in [0.15, 0.2) is 12.3 Å². The molecule has 1 saturated heterocycles. The summed E-state index contributed by atoms with van der Waals surface area (Å²) in [4.78, 5) is 11.6. The molecule has 2 heterocycles. The second kappa shape index (κ2) is 5.74. The van der Waals surface area contributed by atoms with Gasteiger partial charge in [0.2, 0.25) is 0 Å². The first-order chi connectivity index (χ1) is 9.07. The lowest BCUT2D eigenvalue weighted by Gasteiger charge is -2.33. The summed E-state index contributed by atoms with van der Waals surface area (Å²) in [5.74, 6) is -0.710. The first kappa shape index (κ1) is 14.1. The molecule has 2 unspecified atom stereocenters. The quantitative estimate of drug-likeness (QED) is 0.852. The minimum Gasteiger partial charge on any atom is -0.481 e. The van der Waals surface area contributed by atoms with Crippen LogP contribution in [0.3, 0.4) is 0 Å². The molecule has 2 rings (SSSR count). The maximum absolute atomic E-state index is 11.6. The zero-order valence-electron chi connectivity index (χ0n) is 11.7. The molecule has 1 aromatic rings. The van der Waals surface area contributed by atoms with E-state index in [0.717, 1.165) is 31.5 Å². The number of piperidine rings is 1. The number of rotatable bonds is 5. The molecule has 0 saturated carbocycles. The lowest BCUT2D eigenvalue weighted by atomic mass is 9.77. The van der Waals surface area contributed by atoms with Gasteiger partial charge in [-0.05, 0) is 38.8 Å². The van der Waals surface area contributed by atoms with Crippen molar-refractivity contribution >= 4 is 5.97 Å². The van der Waals surface area contributed by atoms with Gasteiger partial charge < -0.3 is 10.4 Å². The first-order valence-electron chi connectivity index (χ1n) is 7.05. The first-order valence-corrected chi connectivity index (χ1v) is 7.05. The van der Waals surface area contributed by atoms with Crippen molar-refractivity contribution in [2.45, 2.75) is 45.6 Å². The number of nitrogens with one attached hydrogen (secondary N) is 1. The largest absolute Gasteiger partial charge is 0.481 e. The lowest BCUT2D eigenvalue weighted by Crippen LogP contribution is -2.47. The van der Waals surface area contributed by atoms with Gasteiger partial charge in [0.15, 0.2) is 0 Å². The Bertz CT molecular complexity index is 436. The second-order valence-corrected chi connectivity index (χ2v) is 5.59. The minimum absolute atomic E-state index is 0.360. The van der Waals surface area contributed by atoms with Crippen LogP contribution in [0.5, 0.6) is 0 Å². The van der Waals surface area contributed by atoms with Gasteiger partial charge >= 0.3 is 5.97 Å². The summed E-state index contributed by atoms with van der Waals surface area (Å²) in [5, 5.41) is 17.3. The van der Waals surface area contributed by atoms with E-state index in [9.17, 15) is 9.90 Å². The molecule has 0 amide bonds. The zero-order valence-corrected chi connectivity index (χ0v) is 11.7. The number of aromatic nitrogens is 2. The average Bonchev–Trinajstić information content (AvgIpc) is 2.87. The molecule has 0 aromatic carbocycles. The summed E-state index contributed by atoms with van der Waals surface area (Å²) in [5.41, 5.74) is 0.193. The van der Waals surface area contributed by atoms with Gasteiger partial charge in [0.05, 0.1) is 11.1 Å². The van der Waals surface area contributed by atoms with Gasteiger partial charge in [0.25, 0.3) is 0 Å². The molecule has 5 heteroatoms. The van der Waals surface area contributed by atoms with E-state index in [4.69, 9.17) is 0 Å². The predicted octanol–water partition coefficient (Wildman–Crippen LogP) is 1.85. The van der Waals surface area contributed by atoms with Crippen LogP contribution in [0.25, 0.3) is 0 Å². The standard InChI is InChI=1S/C14H23N3O2/c1-3-11(2)17-8-5-12(16-17)9-14(13(18)19)6-4-7-15-10-14/h5,8,11,15H,3-4,6-7,9-10H2,1-2H3,(H,18,19). The molecule has 106 valence electrons. The molecule has 0 aliphatic carbocycles. The minimum atomic E-state index is -0.710. The Hall–Kier alpha value is -1.36. The van der Waals surface area contributed by atoms with E-state index < -0.39 is 11.4 Å².